The molecule has 2 unspecified atom stereocenters. The first kappa shape index (κ1) is 11.5. The van der Waals surface area contributed by atoms with Gasteiger partial charge in [0.25, 0.3) is 0 Å². The lowest BCUT2D eigenvalue weighted by molar-refractivity contribution is -0.149. The fourth-order valence-electron chi connectivity index (χ4n) is 2.79. The summed E-state index contributed by atoms with van der Waals surface area (Å²) in [6.45, 7) is 7.96. The van der Waals surface area contributed by atoms with Crippen LogP contribution in [0.15, 0.2) is 0 Å². The molecule has 2 nitrogen and oxygen atoms in total. The third kappa shape index (κ3) is 1.21. The molecule has 15 heavy (non-hydrogen) atoms. The van der Waals surface area contributed by atoms with Crippen molar-refractivity contribution < 1.29 is 9.53 Å². The highest BCUT2D eigenvalue weighted by molar-refractivity contribution is 6.51. The van der Waals surface area contributed by atoms with Crippen molar-refractivity contribution in [3.05, 3.63) is 0 Å². The van der Waals surface area contributed by atoms with Crippen LogP contribution in [-0.4, -0.2) is 15.9 Å². The van der Waals surface area contributed by atoms with Crippen molar-refractivity contribution >= 4 is 29.2 Å². The summed E-state index contributed by atoms with van der Waals surface area (Å²) in [5.74, 6) is -0.153. The maximum atomic E-state index is 11.5. The Balaban J connectivity index is 2.40. The molecule has 0 amide bonds. The van der Waals surface area contributed by atoms with E-state index in [1.807, 2.05) is 27.7 Å². The van der Waals surface area contributed by atoms with E-state index in [1.54, 1.807) is 0 Å². The smallest absolute Gasteiger partial charge is 0.307 e. The molecule has 0 radical (unpaired) electrons. The average Bonchev–Trinajstić information content (AvgIpc) is 2.40. The molecule has 0 bridgehead atoms. The second kappa shape index (κ2) is 2.65. The molecule has 86 valence electrons. The van der Waals surface area contributed by atoms with Gasteiger partial charge in [-0.1, -0.05) is 13.8 Å². The SMILES string of the molecule is CC1(C)OC(=O)CC1(C)C1(C)CC1(Cl)Cl. The molecule has 0 N–H and O–H groups in total. The Morgan fingerprint density at radius 1 is 1.13 bits per heavy atom. The summed E-state index contributed by atoms with van der Waals surface area (Å²) in [5, 5.41) is 0. The molecule has 0 aromatic rings. The van der Waals surface area contributed by atoms with Crippen LogP contribution in [0.1, 0.15) is 40.5 Å². The van der Waals surface area contributed by atoms with Crippen LogP contribution in [0.3, 0.4) is 0 Å². The van der Waals surface area contributed by atoms with Gasteiger partial charge in [0, 0.05) is 10.8 Å². The molecular weight excluding hydrogens is 235 g/mol. The highest BCUT2D eigenvalue weighted by Gasteiger charge is 2.76. The van der Waals surface area contributed by atoms with Crippen LogP contribution in [0.5, 0.6) is 0 Å². The Morgan fingerprint density at radius 2 is 1.60 bits per heavy atom. The molecule has 2 fully saturated rings. The fraction of sp³-hybridized carbons (Fsp3) is 0.909. The van der Waals surface area contributed by atoms with E-state index in [0.29, 0.717) is 6.42 Å². The molecule has 4 heteroatoms. The summed E-state index contributed by atoms with van der Waals surface area (Å²) in [4.78, 5) is 11.5. The molecule has 2 atom stereocenters. The van der Waals surface area contributed by atoms with E-state index in [2.05, 4.69) is 0 Å². The number of halogens is 2. The second-order valence-corrected chi connectivity index (χ2v) is 7.19. The van der Waals surface area contributed by atoms with Crippen molar-refractivity contribution in [1.29, 1.82) is 0 Å². The minimum atomic E-state index is -0.715. The van der Waals surface area contributed by atoms with E-state index in [0.717, 1.165) is 6.42 Å². The van der Waals surface area contributed by atoms with Gasteiger partial charge in [0.15, 0.2) is 0 Å². The van der Waals surface area contributed by atoms with E-state index >= 15 is 0 Å². The normalized spacial score (nSPS) is 46.4. The Labute approximate surface area is 100 Å². The van der Waals surface area contributed by atoms with Gasteiger partial charge in [0.05, 0.1) is 6.42 Å². The van der Waals surface area contributed by atoms with Crippen LogP contribution in [0.4, 0.5) is 0 Å². The Bertz CT molecular complexity index is 337. The summed E-state index contributed by atoms with van der Waals surface area (Å²) in [6, 6.07) is 0. The van der Waals surface area contributed by atoms with Crippen LogP contribution < -0.4 is 0 Å². The number of esters is 1. The van der Waals surface area contributed by atoms with Gasteiger partial charge in [-0.05, 0) is 20.3 Å². The molecule has 1 heterocycles. The average molecular weight is 251 g/mol. The van der Waals surface area contributed by atoms with Crippen LogP contribution in [0.25, 0.3) is 0 Å². The summed E-state index contributed by atoms with van der Waals surface area (Å²) in [5.41, 5.74) is -1.02. The molecule has 1 saturated heterocycles. The van der Waals surface area contributed by atoms with Crippen molar-refractivity contribution in [2.24, 2.45) is 10.8 Å². The molecule has 1 aliphatic heterocycles. The molecule has 1 aliphatic carbocycles. The highest BCUT2D eigenvalue weighted by atomic mass is 35.5. The summed E-state index contributed by atoms with van der Waals surface area (Å²) in [7, 11) is 0. The van der Waals surface area contributed by atoms with Gasteiger partial charge in [-0.25, -0.2) is 0 Å². The van der Waals surface area contributed by atoms with Gasteiger partial charge in [-0.15, -0.1) is 23.2 Å². The van der Waals surface area contributed by atoms with E-state index in [1.165, 1.54) is 0 Å². The zero-order valence-corrected chi connectivity index (χ0v) is 11.0. The maximum Gasteiger partial charge on any atom is 0.307 e. The van der Waals surface area contributed by atoms with Gasteiger partial charge in [-0.3, -0.25) is 4.79 Å². The van der Waals surface area contributed by atoms with Gasteiger partial charge in [0.1, 0.15) is 9.93 Å². The van der Waals surface area contributed by atoms with E-state index in [-0.39, 0.29) is 16.8 Å². The zero-order valence-electron chi connectivity index (χ0n) is 9.49. The number of hydrogen-bond donors (Lipinski definition) is 0. The molecule has 2 rings (SSSR count). The van der Waals surface area contributed by atoms with Crippen LogP contribution >= 0.6 is 23.2 Å². The minimum absolute atomic E-state index is 0.153. The zero-order chi connectivity index (χ0) is 11.7. The van der Waals surface area contributed by atoms with E-state index in [9.17, 15) is 4.79 Å². The predicted octanol–water partition coefficient (Wildman–Crippen LogP) is 3.30. The minimum Gasteiger partial charge on any atom is -0.459 e. The Kier molecular flexibility index (Phi) is 2.04. The maximum absolute atomic E-state index is 11.5. The number of carbonyl (C=O) groups excluding carboxylic acids is 1. The molecule has 0 aromatic carbocycles. The molecule has 2 aliphatic rings. The summed E-state index contributed by atoms with van der Waals surface area (Å²) >= 11 is 12.4. The molecular formula is C11H16Cl2O2. The topological polar surface area (TPSA) is 26.3 Å². The monoisotopic (exact) mass is 250 g/mol. The largest absolute Gasteiger partial charge is 0.459 e. The first-order valence-corrected chi connectivity index (χ1v) is 5.91. The number of alkyl halides is 2. The van der Waals surface area contributed by atoms with Gasteiger partial charge >= 0.3 is 5.97 Å². The van der Waals surface area contributed by atoms with Crippen LogP contribution in [0.2, 0.25) is 0 Å². The van der Waals surface area contributed by atoms with E-state index in [4.69, 9.17) is 27.9 Å². The molecule has 0 spiro atoms. The number of cyclic esters (lactones) is 1. The highest BCUT2D eigenvalue weighted by Crippen LogP contribution is 2.76. The van der Waals surface area contributed by atoms with E-state index < -0.39 is 9.93 Å². The van der Waals surface area contributed by atoms with Gasteiger partial charge < -0.3 is 4.74 Å². The fourth-order valence-corrected chi connectivity index (χ4v) is 3.74. The Morgan fingerprint density at radius 3 is 1.87 bits per heavy atom. The third-order valence-electron chi connectivity index (χ3n) is 4.67. The summed E-state index contributed by atoms with van der Waals surface area (Å²) < 4.78 is 4.65. The standard InChI is InChI=1S/C11H16Cl2O2/c1-8(2)9(3,5-7(14)15-8)10(4)6-11(10,12)13/h5-6H2,1-4H3. The number of rotatable bonds is 1. The number of carbonyl (C=O) groups is 1. The van der Waals surface area contributed by atoms with Gasteiger partial charge in [0.2, 0.25) is 0 Å². The van der Waals surface area contributed by atoms with Crippen molar-refractivity contribution in [1.82, 2.24) is 0 Å². The quantitative estimate of drug-likeness (QED) is 0.528. The van der Waals surface area contributed by atoms with Crippen molar-refractivity contribution in [2.45, 2.75) is 50.5 Å². The lowest BCUT2D eigenvalue weighted by Crippen LogP contribution is -2.45. The third-order valence-corrected chi connectivity index (χ3v) is 5.77. The van der Waals surface area contributed by atoms with Crippen molar-refractivity contribution in [3.63, 3.8) is 0 Å². The molecule has 1 saturated carbocycles. The second-order valence-electron chi connectivity index (χ2n) is 5.71. The van der Waals surface area contributed by atoms with Crippen molar-refractivity contribution in [3.8, 4) is 0 Å². The first-order valence-electron chi connectivity index (χ1n) is 5.15. The summed E-state index contributed by atoms with van der Waals surface area (Å²) in [6.07, 6.45) is 1.12. The molecule has 0 aromatic heterocycles. The number of hydrogen-bond acceptors (Lipinski definition) is 2. The first-order chi connectivity index (χ1) is 6.56. The predicted molar refractivity (Wildman–Crippen MR) is 60.1 cm³/mol. The van der Waals surface area contributed by atoms with Gasteiger partial charge in [-0.2, -0.15) is 0 Å². The van der Waals surface area contributed by atoms with Crippen LogP contribution in [-0.2, 0) is 9.53 Å². The number of ether oxygens (including phenoxy) is 1. The van der Waals surface area contributed by atoms with Crippen LogP contribution in [0, 0.1) is 10.8 Å². The Hall–Kier alpha value is 0.0500. The lowest BCUT2D eigenvalue weighted by Gasteiger charge is -2.41. The van der Waals surface area contributed by atoms with Crippen molar-refractivity contribution in [2.75, 3.05) is 0 Å². The lowest BCUT2D eigenvalue weighted by atomic mass is 9.64.